The Labute approximate surface area is 206 Å². The van der Waals surface area contributed by atoms with E-state index in [1.165, 1.54) is 0 Å². The van der Waals surface area contributed by atoms with E-state index in [9.17, 15) is 0 Å². The minimum absolute atomic E-state index is 0.137. The Morgan fingerprint density at radius 3 is 2.41 bits per heavy atom. The average Bonchev–Trinajstić information content (AvgIpc) is 3.64. The number of hydrogen-bond donors (Lipinski definition) is 0. The summed E-state index contributed by atoms with van der Waals surface area (Å²) in [5.74, 6) is 0. The van der Waals surface area contributed by atoms with Crippen molar-refractivity contribution in [3.8, 4) is 0 Å². The molecule has 0 spiro atoms. The Hall–Kier alpha value is -3.81. The summed E-state index contributed by atoms with van der Waals surface area (Å²) in [7, 11) is 0. The molecule has 34 heavy (non-hydrogen) atoms. The number of pyridine rings is 3. The summed E-state index contributed by atoms with van der Waals surface area (Å²) < 4.78 is 0. The fourth-order valence-corrected chi connectivity index (χ4v) is 5.64. The Morgan fingerprint density at radius 1 is 0.765 bits per heavy atom. The quantitative estimate of drug-likeness (QED) is 0.280. The van der Waals surface area contributed by atoms with Crippen LogP contribution in [0.3, 0.4) is 0 Å². The van der Waals surface area contributed by atoms with Crippen LogP contribution < -0.4 is 9.80 Å². The van der Waals surface area contributed by atoms with Crippen LogP contribution in [0.25, 0.3) is 11.3 Å². The third kappa shape index (κ3) is 3.79. The molecule has 1 aliphatic heterocycles. The van der Waals surface area contributed by atoms with Gasteiger partial charge in [-0.25, -0.2) is 0 Å². The molecule has 0 saturated heterocycles. The van der Waals surface area contributed by atoms with E-state index in [4.69, 9.17) is 4.98 Å². The smallest absolute Gasteiger partial charge is 0.148 e. The van der Waals surface area contributed by atoms with Crippen LogP contribution in [0, 0.1) is 6.67 Å². The Balaban J connectivity index is 1.69. The molecule has 6 heterocycles. The zero-order valence-electron chi connectivity index (χ0n) is 18.1. The maximum atomic E-state index is 4.81. The summed E-state index contributed by atoms with van der Waals surface area (Å²) in [6, 6.07) is 20.6. The standard InChI is InChI=1S/C27H20N5S2/c1-2-12-30-23(6-1)27-25(21-5-3-11-29-17-21)26(20-8-13-28-14-9-20)31(22-10-16-33-18-22)19-32(27)24-7-4-15-34-24/h1-19,27H. The molecule has 0 aliphatic carbocycles. The first-order chi connectivity index (χ1) is 16.9. The number of rotatable bonds is 5. The molecule has 165 valence electrons. The van der Waals surface area contributed by atoms with Gasteiger partial charge in [-0.15, -0.1) is 11.3 Å². The van der Waals surface area contributed by atoms with Crippen molar-refractivity contribution in [2.24, 2.45) is 0 Å². The van der Waals surface area contributed by atoms with Gasteiger partial charge in [0, 0.05) is 53.1 Å². The first-order valence-corrected chi connectivity index (χ1v) is 12.7. The van der Waals surface area contributed by atoms with Gasteiger partial charge in [-0.1, -0.05) is 12.1 Å². The predicted octanol–water partition coefficient (Wildman–Crippen LogP) is 6.75. The molecule has 6 rings (SSSR count). The van der Waals surface area contributed by atoms with Crippen LogP contribution in [0.2, 0.25) is 0 Å². The molecule has 1 unspecified atom stereocenters. The van der Waals surface area contributed by atoms with Crippen molar-refractivity contribution < 1.29 is 0 Å². The molecule has 0 N–H and O–H groups in total. The fraction of sp³-hybridized carbons (Fsp3) is 0.0370. The molecular weight excluding hydrogens is 458 g/mol. The van der Waals surface area contributed by atoms with Crippen LogP contribution in [-0.4, -0.2) is 15.0 Å². The zero-order valence-corrected chi connectivity index (χ0v) is 19.7. The molecule has 5 aromatic rings. The second-order valence-corrected chi connectivity index (χ2v) is 9.43. The number of nitrogens with zero attached hydrogens (tertiary/aromatic N) is 5. The highest BCUT2D eigenvalue weighted by Gasteiger charge is 2.38. The van der Waals surface area contributed by atoms with Gasteiger partial charge in [0.1, 0.15) is 12.7 Å². The lowest BCUT2D eigenvalue weighted by Gasteiger charge is -2.45. The topological polar surface area (TPSA) is 45.2 Å². The maximum Gasteiger partial charge on any atom is 0.148 e. The van der Waals surface area contributed by atoms with Crippen LogP contribution >= 0.6 is 22.7 Å². The van der Waals surface area contributed by atoms with Crippen LogP contribution in [0.5, 0.6) is 0 Å². The molecule has 1 atom stereocenters. The van der Waals surface area contributed by atoms with Gasteiger partial charge in [0.15, 0.2) is 0 Å². The first kappa shape index (κ1) is 20.8. The van der Waals surface area contributed by atoms with Crippen LogP contribution in [0.1, 0.15) is 22.9 Å². The third-order valence-electron chi connectivity index (χ3n) is 5.73. The second-order valence-electron chi connectivity index (χ2n) is 7.72. The highest BCUT2D eigenvalue weighted by Crippen LogP contribution is 2.49. The highest BCUT2D eigenvalue weighted by molar-refractivity contribution is 7.14. The molecule has 7 heteroatoms. The molecule has 0 bridgehead atoms. The fourth-order valence-electron chi connectivity index (χ4n) is 4.29. The van der Waals surface area contributed by atoms with Crippen molar-refractivity contribution in [3.63, 3.8) is 0 Å². The Kier molecular flexibility index (Phi) is 5.63. The molecule has 0 saturated carbocycles. The molecule has 0 amide bonds. The number of thiophene rings is 2. The predicted molar refractivity (Wildman–Crippen MR) is 140 cm³/mol. The second kappa shape index (κ2) is 9.21. The van der Waals surface area contributed by atoms with E-state index in [1.54, 1.807) is 22.7 Å². The van der Waals surface area contributed by atoms with Crippen molar-refractivity contribution >= 4 is 44.6 Å². The van der Waals surface area contributed by atoms with Crippen molar-refractivity contribution in [2.75, 3.05) is 9.80 Å². The van der Waals surface area contributed by atoms with Gasteiger partial charge < -0.3 is 9.80 Å². The molecule has 5 aromatic heterocycles. The highest BCUT2D eigenvalue weighted by atomic mass is 32.1. The van der Waals surface area contributed by atoms with E-state index < -0.39 is 0 Å². The molecule has 0 aromatic carbocycles. The van der Waals surface area contributed by atoms with Gasteiger partial charge in [0.05, 0.1) is 22.1 Å². The van der Waals surface area contributed by atoms with E-state index >= 15 is 0 Å². The summed E-state index contributed by atoms with van der Waals surface area (Å²) in [5.41, 5.74) is 6.46. The zero-order chi connectivity index (χ0) is 22.7. The van der Waals surface area contributed by atoms with Crippen LogP contribution in [0.4, 0.5) is 10.7 Å². The van der Waals surface area contributed by atoms with Gasteiger partial charge >= 0.3 is 0 Å². The largest absolute Gasteiger partial charge is 0.326 e. The summed E-state index contributed by atoms with van der Waals surface area (Å²) in [6.07, 6.45) is 9.30. The van der Waals surface area contributed by atoms with E-state index in [0.29, 0.717) is 0 Å². The summed E-state index contributed by atoms with van der Waals surface area (Å²) >= 11 is 3.40. The average molecular weight is 479 g/mol. The van der Waals surface area contributed by atoms with Crippen LogP contribution in [0.15, 0.2) is 108 Å². The summed E-state index contributed by atoms with van der Waals surface area (Å²) in [5, 5.41) is 7.54. The van der Waals surface area contributed by atoms with Crippen molar-refractivity contribution in [3.05, 3.63) is 131 Å². The molecule has 5 nitrogen and oxygen atoms in total. The number of hydrogen-bond acceptors (Lipinski definition) is 7. The molecule has 1 radical (unpaired) electrons. The van der Waals surface area contributed by atoms with Gasteiger partial charge in [0.2, 0.25) is 0 Å². The summed E-state index contributed by atoms with van der Waals surface area (Å²) in [4.78, 5) is 18.2. The minimum atomic E-state index is -0.137. The van der Waals surface area contributed by atoms with Gasteiger partial charge in [0.25, 0.3) is 0 Å². The van der Waals surface area contributed by atoms with Gasteiger partial charge in [-0.2, -0.15) is 11.3 Å². The van der Waals surface area contributed by atoms with Crippen LogP contribution in [-0.2, 0) is 0 Å². The van der Waals surface area contributed by atoms with Gasteiger partial charge in [-0.05, 0) is 59.3 Å². The Bertz CT molecular complexity index is 1370. The van der Waals surface area contributed by atoms with Gasteiger partial charge in [-0.3, -0.25) is 15.0 Å². The molecule has 1 aliphatic rings. The monoisotopic (exact) mass is 478 g/mol. The van der Waals surface area contributed by atoms with E-state index in [1.807, 2.05) is 49.2 Å². The van der Waals surface area contributed by atoms with Crippen molar-refractivity contribution in [1.82, 2.24) is 15.0 Å². The lowest BCUT2D eigenvalue weighted by Crippen LogP contribution is -2.41. The van der Waals surface area contributed by atoms with E-state index in [0.717, 1.165) is 38.8 Å². The molecular formula is C27H20N5S2. The number of aromatic nitrogens is 3. The van der Waals surface area contributed by atoms with Crippen molar-refractivity contribution in [2.45, 2.75) is 6.04 Å². The lowest BCUT2D eigenvalue weighted by atomic mass is 9.88. The molecule has 0 fully saturated rings. The summed E-state index contributed by atoms with van der Waals surface area (Å²) in [6.45, 7) is 2.20. The van der Waals surface area contributed by atoms with Crippen molar-refractivity contribution in [1.29, 1.82) is 0 Å². The number of anilines is 2. The van der Waals surface area contributed by atoms with E-state index in [-0.39, 0.29) is 6.04 Å². The Morgan fingerprint density at radius 2 is 1.71 bits per heavy atom. The van der Waals surface area contributed by atoms with E-state index in [2.05, 4.69) is 85.0 Å². The minimum Gasteiger partial charge on any atom is -0.326 e. The maximum absolute atomic E-state index is 4.81. The SMILES string of the molecule is [CH]1N(c2ccsc2)C(c2ccncc2)=C(c2cccnc2)C(c2ccccn2)N1c1cccs1. The first-order valence-electron chi connectivity index (χ1n) is 10.8. The third-order valence-corrected chi connectivity index (χ3v) is 7.28. The lowest BCUT2D eigenvalue weighted by molar-refractivity contribution is 0.761. The normalized spacial score (nSPS) is 16.2.